The van der Waals surface area contributed by atoms with Crippen LogP contribution >= 0.6 is 0 Å². The molecule has 0 amide bonds. The summed E-state index contributed by atoms with van der Waals surface area (Å²) in [4.78, 5) is 14.2. The summed E-state index contributed by atoms with van der Waals surface area (Å²) in [5.74, 6) is 0.338. The van der Waals surface area contributed by atoms with E-state index in [1.165, 1.54) is 13.2 Å². The number of carbonyl (C=O) groups is 1. The van der Waals surface area contributed by atoms with Gasteiger partial charge in [-0.2, -0.15) is 0 Å². The Bertz CT molecular complexity index is 611. The van der Waals surface area contributed by atoms with Gasteiger partial charge in [0.15, 0.2) is 17.3 Å². The molecule has 0 bridgehead atoms. The number of hydrogen-bond donors (Lipinski definition) is 1. The fraction of sp³-hybridized carbons (Fsp3) is 0.235. The molecule has 0 fully saturated rings. The van der Waals surface area contributed by atoms with Gasteiger partial charge in [-0.3, -0.25) is 9.69 Å². The summed E-state index contributed by atoms with van der Waals surface area (Å²) in [6.07, 6.45) is 0. The Morgan fingerprint density at radius 2 is 1.90 bits per heavy atom. The molecule has 0 saturated heterocycles. The summed E-state index contributed by atoms with van der Waals surface area (Å²) in [6.45, 7) is 1.02. The van der Waals surface area contributed by atoms with Crippen molar-refractivity contribution in [1.29, 1.82) is 0 Å². The van der Waals surface area contributed by atoms with Crippen LogP contribution in [0, 0.1) is 0 Å². The smallest absolute Gasteiger partial charge is 0.176 e. The van der Waals surface area contributed by atoms with Gasteiger partial charge in [0, 0.05) is 12.1 Å². The summed E-state index contributed by atoms with van der Waals surface area (Å²) in [5.41, 5.74) is 1.70. The second-order valence-electron chi connectivity index (χ2n) is 4.97. The van der Waals surface area contributed by atoms with Gasteiger partial charge in [-0.1, -0.05) is 30.3 Å². The van der Waals surface area contributed by atoms with E-state index < -0.39 is 0 Å². The van der Waals surface area contributed by atoms with Crippen molar-refractivity contribution < 1.29 is 14.6 Å². The number of ketones is 1. The van der Waals surface area contributed by atoms with Gasteiger partial charge in [0.25, 0.3) is 0 Å². The lowest BCUT2D eigenvalue weighted by atomic mass is 10.1. The van der Waals surface area contributed by atoms with Gasteiger partial charge in [-0.25, -0.2) is 0 Å². The number of nitrogens with zero attached hydrogens (tertiary/aromatic N) is 1. The molecule has 2 aromatic carbocycles. The maximum absolute atomic E-state index is 12.2. The van der Waals surface area contributed by atoms with E-state index in [9.17, 15) is 9.90 Å². The molecule has 0 unspecified atom stereocenters. The van der Waals surface area contributed by atoms with Crippen molar-refractivity contribution >= 4 is 5.78 Å². The molecular weight excluding hydrogens is 266 g/mol. The molecule has 2 aromatic rings. The monoisotopic (exact) mass is 285 g/mol. The van der Waals surface area contributed by atoms with E-state index >= 15 is 0 Å². The zero-order valence-electron chi connectivity index (χ0n) is 12.2. The maximum atomic E-state index is 12.2. The molecule has 110 valence electrons. The van der Waals surface area contributed by atoms with Gasteiger partial charge in [-0.15, -0.1) is 0 Å². The number of benzene rings is 2. The highest BCUT2D eigenvalue weighted by atomic mass is 16.5. The van der Waals surface area contributed by atoms with E-state index in [0.29, 0.717) is 24.4 Å². The molecule has 4 nitrogen and oxygen atoms in total. The average Bonchev–Trinajstić information content (AvgIpc) is 2.48. The van der Waals surface area contributed by atoms with E-state index in [-0.39, 0.29) is 11.5 Å². The highest BCUT2D eigenvalue weighted by molar-refractivity contribution is 5.98. The van der Waals surface area contributed by atoms with Gasteiger partial charge in [0.05, 0.1) is 13.7 Å². The summed E-state index contributed by atoms with van der Waals surface area (Å²) in [5, 5.41) is 9.55. The van der Waals surface area contributed by atoms with Crippen molar-refractivity contribution in [3.63, 3.8) is 0 Å². The van der Waals surface area contributed by atoms with Crippen LogP contribution in [0.15, 0.2) is 48.5 Å². The fourth-order valence-corrected chi connectivity index (χ4v) is 2.14. The maximum Gasteiger partial charge on any atom is 0.176 e. The van der Waals surface area contributed by atoms with Crippen LogP contribution < -0.4 is 4.74 Å². The van der Waals surface area contributed by atoms with E-state index in [1.54, 1.807) is 12.1 Å². The van der Waals surface area contributed by atoms with Gasteiger partial charge in [0.1, 0.15) is 0 Å². The Morgan fingerprint density at radius 1 is 1.19 bits per heavy atom. The SMILES string of the molecule is COc1cc(C(=O)CN(C)Cc2ccccc2)ccc1O. The number of hydrogen-bond acceptors (Lipinski definition) is 4. The average molecular weight is 285 g/mol. The number of aromatic hydroxyl groups is 1. The Labute approximate surface area is 124 Å². The third-order valence-electron chi connectivity index (χ3n) is 3.21. The number of Topliss-reactive ketones (excluding diaryl/α,β-unsaturated/α-hetero) is 1. The fourth-order valence-electron chi connectivity index (χ4n) is 2.14. The van der Waals surface area contributed by atoms with Crippen molar-refractivity contribution in [1.82, 2.24) is 4.90 Å². The molecular formula is C17H19NO3. The van der Waals surface area contributed by atoms with Crippen molar-refractivity contribution in [2.45, 2.75) is 6.54 Å². The first-order valence-electron chi connectivity index (χ1n) is 6.73. The molecule has 2 rings (SSSR count). The Balaban J connectivity index is 2.00. The third kappa shape index (κ3) is 4.07. The third-order valence-corrected chi connectivity index (χ3v) is 3.21. The van der Waals surface area contributed by atoms with Crippen LogP contribution in [0.2, 0.25) is 0 Å². The predicted molar refractivity (Wildman–Crippen MR) is 81.8 cm³/mol. The highest BCUT2D eigenvalue weighted by Gasteiger charge is 2.12. The van der Waals surface area contributed by atoms with Crippen LogP contribution in [0.1, 0.15) is 15.9 Å². The molecule has 0 radical (unpaired) electrons. The first-order chi connectivity index (χ1) is 10.1. The van der Waals surface area contributed by atoms with Crippen LogP contribution in [0.3, 0.4) is 0 Å². The summed E-state index contributed by atoms with van der Waals surface area (Å²) in [7, 11) is 3.37. The minimum absolute atomic E-state index is 0.00766. The number of likely N-dealkylation sites (N-methyl/N-ethyl adjacent to an activating group) is 1. The van der Waals surface area contributed by atoms with Crippen LogP contribution in [-0.4, -0.2) is 36.5 Å². The quantitative estimate of drug-likeness (QED) is 0.829. The van der Waals surface area contributed by atoms with Crippen LogP contribution in [0.25, 0.3) is 0 Å². The summed E-state index contributed by atoms with van der Waals surface area (Å²) >= 11 is 0. The minimum atomic E-state index is -0.00766. The summed E-state index contributed by atoms with van der Waals surface area (Å²) in [6, 6.07) is 14.6. The highest BCUT2D eigenvalue weighted by Crippen LogP contribution is 2.26. The Kier molecular flexibility index (Phi) is 4.95. The molecule has 0 heterocycles. The zero-order valence-corrected chi connectivity index (χ0v) is 12.2. The lowest BCUT2D eigenvalue weighted by Crippen LogP contribution is -2.25. The summed E-state index contributed by atoms with van der Waals surface area (Å²) < 4.78 is 5.02. The number of phenols is 1. The molecule has 4 heteroatoms. The molecule has 0 saturated carbocycles. The van der Waals surface area contributed by atoms with E-state index in [2.05, 4.69) is 0 Å². The molecule has 0 atom stereocenters. The van der Waals surface area contributed by atoms with Gasteiger partial charge >= 0.3 is 0 Å². The van der Waals surface area contributed by atoms with E-state index in [1.807, 2.05) is 42.3 Å². The normalized spacial score (nSPS) is 10.6. The molecule has 0 spiro atoms. The molecule has 0 aliphatic heterocycles. The molecule has 0 aromatic heterocycles. The number of methoxy groups -OCH3 is 1. The Hall–Kier alpha value is -2.33. The second kappa shape index (κ2) is 6.90. The van der Waals surface area contributed by atoms with Crippen molar-refractivity contribution in [2.24, 2.45) is 0 Å². The van der Waals surface area contributed by atoms with Crippen molar-refractivity contribution in [3.8, 4) is 11.5 Å². The molecule has 0 aliphatic rings. The number of rotatable bonds is 6. The van der Waals surface area contributed by atoms with Crippen LogP contribution in [-0.2, 0) is 6.54 Å². The number of carbonyl (C=O) groups excluding carboxylic acids is 1. The van der Waals surface area contributed by atoms with E-state index in [4.69, 9.17) is 4.74 Å². The first-order valence-corrected chi connectivity index (χ1v) is 6.73. The van der Waals surface area contributed by atoms with Gasteiger partial charge < -0.3 is 9.84 Å². The largest absolute Gasteiger partial charge is 0.504 e. The van der Waals surface area contributed by atoms with Crippen molar-refractivity contribution in [2.75, 3.05) is 20.7 Å². The predicted octanol–water partition coefficient (Wildman–Crippen LogP) is 2.72. The van der Waals surface area contributed by atoms with E-state index in [0.717, 1.165) is 5.56 Å². The van der Waals surface area contributed by atoms with Crippen molar-refractivity contribution in [3.05, 3.63) is 59.7 Å². The van der Waals surface area contributed by atoms with Gasteiger partial charge in [0.2, 0.25) is 0 Å². The topological polar surface area (TPSA) is 49.8 Å². The van der Waals surface area contributed by atoms with Gasteiger partial charge in [-0.05, 0) is 30.8 Å². The molecule has 0 aliphatic carbocycles. The van der Waals surface area contributed by atoms with Crippen LogP contribution in [0.5, 0.6) is 11.5 Å². The zero-order chi connectivity index (χ0) is 15.2. The minimum Gasteiger partial charge on any atom is -0.504 e. The number of ether oxygens (including phenoxy) is 1. The Morgan fingerprint density at radius 3 is 2.57 bits per heavy atom. The lowest BCUT2D eigenvalue weighted by Gasteiger charge is -2.16. The second-order valence-corrected chi connectivity index (χ2v) is 4.97. The number of phenolic OH excluding ortho intramolecular Hbond substituents is 1. The lowest BCUT2D eigenvalue weighted by molar-refractivity contribution is 0.0942. The molecule has 1 N–H and O–H groups in total. The molecule has 21 heavy (non-hydrogen) atoms. The first kappa shape index (κ1) is 15.1. The van der Waals surface area contributed by atoms with Crippen LogP contribution in [0.4, 0.5) is 0 Å². The standard InChI is InChI=1S/C17H19NO3/c1-18(11-13-6-4-3-5-7-13)12-16(20)14-8-9-15(19)17(10-14)21-2/h3-10,19H,11-12H2,1-2H3.